The summed E-state index contributed by atoms with van der Waals surface area (Å²) in [6, 6.07) is 10.2. The van der Waals surface area contributed by atoms with Crippen LogP contribution in [0.1, 0.15) is 54.9 Å². The molecule has 0 radical (unpaired) electrons. The highest BCUT2D eigenvalue weighted by Gasteiger charge is 2.16. The predicted molar refractivity (Wildman–Crippen MR) is 126 cm³/mol. The number of methoxy groups -OCH3 is 1. The molecule has 0 amide bonds. The summed E-state index contributed by atoms with van der Waals surface area (Å²) >= 11 is 0. The van der Waals surface area contributed by atoms with Gasteiger partial charge in [-0.25, -0.2) is 4.99 Å². The van der Waals surface area contributed by atoms with Crippen LogP contribution in [0, 0.1) is 5.92 Å². The molecule has 1 aliphatic rings. The van der Waals surface area contributed by atoms with Crippen molar-refractivity contribution in [3.63, 3.8) is 0 Å². The number of ether oxygens (including phenoxy) is 1. The van der Waals surface area contributed by atoms with Crippen LogP contribution in [0.2, 0.25) is 0 Å². The van der Waals surface area contributed by atoms with E-state index in [0.717, 1.165) is 54.1 Å². The fourth-order valence-corrected chi connectivity index (χ4v) is 3.80. The summed E-state index contributed by atoms with van der Waals surface area (Å²) in [6.07, 6.45) is 13.1. The van der Waals surface area contributed by atoms with Crippen LogP contribution in [-0.2, 0) is 11.2 Å². The summed E-state index contributed by atoms with van der Waals surface area (Å²) in [6.45, 7) is 3.01. The van der Waals surface area contributed by atoms with Gasteiger partial charge in [-0.05, 0) is 42.4 Å². The van der Waals surface area contributed by atoms with E-state index < -0.39 is 0 Å². The number of hydrogen-bond acceptors (Lipinski definition) is 4. The minimum absolute atomic E-state index is 0.287. The fraction of sp³-hybridized carbons (Fsp3) is 0.400. The van der Waals surface area contributed by atoms with Gasteiger partial charge in [0.2, 0.25) is 5.88 Å². The number of benzene rings is 2. The molecule has 0 aromatic heterocycles. The lowest BCUT2D eigenvalue weighted by Gasteiger charge is -2.18. The largest absolute Gasteiger partial charge is 0.481 e. The van der Waals surface area contributed by atoms with Crippen LogP contribution >= 0.6 is 0 Å². The molecule has 0 aliphatic carbocycles. The monoisotopic (exact) mass is 405 g/mol. The lowest BCUT2D eigenvalue weighted by Crippen LogP contribution is -2.11. The number of fused-ring (bicyclic) bond motifs is 1. The average molecular weight is 406 g/mol. The molecule has 5 nitrogen and oxygen atoms in total. The number of allylic oxidation sites excluding steroid dienone is 1. The van der Waals surface area contributed by atoms with Crippen molar-refractivity contribution in [2.45, 2.75) is 45.4 Å². The van der Waals surface area contributed by atoms with Gasteiger partial charge in [-0.15, -0.1) is 0 Å². The highest BCUT2D eigenvalue weighted by atomic mass is 16.5. The number of nitrogens with zero attached hydrogens (tertiary/aromatic N) is 2. The molecule has 5 heteroatoms. The zero-order valence-electron chi connectivity index (χ0n) is 17.9. The molecule has 30 heavy (non-hydrogen) atoms. The second kappa shape index (κ2) is 11.3. The summed E-state index contributed by atoms with van der Waals surface area (Å²) in [5.41, 5.74) is 2.63. The SMILES string of the molecule is CCCCCCN=CNc1c(C=O)cc(CC2C=NC(OC)=CC2)c2ccccc12. The maximum absolute atomic E-state index is 11.9. The smallest absolute Gasteiger partial charge is 0.208 e. The molecule has 0 fully saturated rings. The third-order valence-corrected chi connectivity index (χ3v) is 5.43. The third-order valence-electron chi connectivity index (χ3n) is 5.43. The summed E-state index contributed by atoms with van der Waals surface area (Å²) < 4.78 is 5.18. The van der Waals surface area contributed by atoms with Gasteiger partial charge in [0.1, 0.15) is 0 Å². The molecule has 2 aromatic carbocycles. The molecule has 1 heterocycles. The van der Waals surface area contributed by atoms with E-state index in [1.54, 1.807) is 13.4 Å². The van der Waals surface area contributed by atoms with E-state index in [-0.39, 0.29) is 5.92 Å². The Bertz CT molecular complexity index is 947. The van der Waals surface area contributed by atoms with Gasteiger partial charge in [0.25, 0.3) is 0 Å². The van der Waals surface area contributed by atoms with Crippen molar-refractivity contribution >= 4 is 35.3 Å². The van der Waals surface area contributed by atoms with Gasteiger partial charge in [-0.2, -0.15) is 0 Å². The van der Waals surface area contributed by atoms with Crippen LogP contribution in [0.3, 0.4) is 0 Å². The number of aldehydes is 1. The quantitative estimate of drug-likeness (QED) is 0.223. The molecular formula is C25H31N3O2. The zero-order chi connectivity index (χ0) is 21.2. The maximum Gasteiger partial charge on any atom is 0.208 e. The number of carbonyl (C=O) groups is 1. The van der Waals surface area contributed by atoms with Gasteiger partial charge < -0.3 is 10.1 Å². The number of hydrogen-bond donors (Lipinski definition) is 1. The average Bonchev–Trinajstić information content (AvgIpc) is 2.79. The molecule has 0 spiro atoms. The summed E-state index contributed by atoms with van der Waals surface area (Å²) in [5.74, 6) is 0.952. The van der Waals surface area contributed by atoms with Crippen LogP contribution in [0.15, 0.2) is 52.3 Å². The Kier molecular flexibility index (Phi) is 8.19. The van der Waals surface area contributed by atoms with Crippen LogP contribution in [0.4, 0.5) is 5.69 Å². The lowest BCUT2D eigenvalue weighted by molar-refractivity contribution is 0.112. The summed E-state index contributed by atoms with van der Waals surface area (Å²) in [5, 5.41) is 5.45. The minimum atomic E-state index is 0.287. The van der Waals surface area contributed by atoms with Crippen molar-refractivity contribution in [1.82, 2.24) is 0 Å². The zero-order valence-corrected chi connectivity index (χ0v) is 17.9. The second-order valence-corrected chi connectivity index (χ2v) is 7.63. The Morgan fingerprint density at radius 2 is 2.07 bits per heavy atom. The highest BCUT2D eigenvalue weighted by molar-refractivity contribution is 6.06. The molecule has 0 saturated carbocycles. The standard InChI is InChI=1S/C25H31N3O2/c1-3-4-5-8-13-26-18-28-25-21(17-29)15-20(22-9-6-7-10-23(22)25)14-19-11-12-24(30-2)27-16-19/h6-7,9-10,12,15-19H,3-5,8,11,13-14H2,1-2H3,(H,26,28). The lowest BCUT2D eigenvalue weighted by atomic mass is 9.90. The van der Waals surface area contributed by atoms with E-state index in [1.165, 1.54) is 19.3 Å². The minimum Gasteiger partial charge on any atom is -0.481 e. The molecule has 1 atom stereocenters. The van der Waals surface area contributed by atoms with E-state index in [9.17, 15) is 4.79 Å². The molecule has 1 unspecified atom stereocenters. The first kappa shape index (κ1) is 21.8. The number of unbranched alkanes of at least 4 members (excludes halogenated alkanes) is 3. The van der Waals surface area contributed by atoms with Gasteiger partial charge in [0, 0.05) is 29.6 Å². The van der Waals surface area contributed by atoms with Crippen molar-refractivity contribution in [1.29, 1.82) is 0 Å². The van der Waals surface area contributed by atoms with Crippen molar-refractivity contribution in [2.24, 2.45) is 15.9 Å². The van der Waals surface area contributed by atoms with Gasteiger partial charge in [-0.3, -0.25) is 9.79 Å². The molecule has 1 aliphatic heterocycles. The number of nitrogens with one attached hydrogen (secondary N) is 1. The summed E-state index contributed by atoms with van der Waals surface area (Å²) in [7, 11) is 1.63. The molecule has 158 valence electrons. The number of carbonyl (C=O) groups excluding carboxylic acids is 1. The Balaban J connectivity index is 1.79. The first-order valence-electron chi connectivity index (χ1n) is 10.8. The van der Waals surface area contributed by atoms with E-state index in [0.29, 0.717) is 11.4 Å². The molecule has 2 aromatic rings. The van der Waals surface area contributed by atoms with E-state index >= 15 is 0 Å². The van der Waals surface area contributed by atoms with Crippen molar-refractivity contribution < 1.29 is 9.53 Å². The Labute approximate surface area is 179 Å². The first-order valence-corrected chi connectivity index (χ1v) is 10.8. The van der Waals surface area contributed by atoms with Gasteiger partial charge in [0.05, 0.1) is 19.1 Å². The maximum atomic E-state index is 11.9. The van der Waals surface area contributed by atoms with Crippen molar-refractivity contribution in [3.8, 4) is 0 Å². The Morgan fingerprint density at radius 1 is 1.23 bits per heavy atom. The number of rotatable bonds is 11. The van der Waals surface area contributed by atoms with Crippen LogP contribution in [-0.4, -0.2) is 32.5 Å². The van der Waals surface area contributed by atoms with Crippen molar-refractivity contribution in [3.05, 3.63) is 53.4 Å². The number of aliphatic imine (C=N–C) groups is 2. The van der Waals surface area contributed by atoms with Crippen LogP contribution in [0.25, 0.3) is 10.8 Å². The molecule has 1 N–H and O–H groups in total. The van der Waals surface area contributed by atoms with Crippen molar-refractivity contribution in [2.75, 3.05) is 19.0 Å². The Morgan fingerprint density at radius 3 is 2.77 bits per heavy atom. The molecule has 0 bridgehead atoms. The molecular weight excluding hydrogens is 374 g/mol. The normalized spacial score (nSPS) is 16.1. The first-order chi connectivity index (χ1) is 14.8. The van der Waals surface area contributed by atoms with Crippen LogP contribution in [0.5, 0.6) is 0 Å². The van der Waals surface area contributed by atoms with Crippen LogP contribution < -0.4 is 5.32 Å². The Hall–Kier alpha value is -2.95. The molecule has 3 rings (SSSR count). The fourth-order valence-electron chi connectivity index (χ4n) is 3.80. The van der Waals surface area contributed by atoms with E-state index in [4.69, 9.17) is 4.74 Å². The van der Waals surface area contributed by atoms with E-state index in [2.05, 4.69) is 34.4 Å². The molecule has 0 saturated heterocycles. The third kappa shape index (κ3) is 5.56. The number of anilines is 1. The van der Waals surface area contributed by atoms with Gasteiger partial charge >= 0.3 is 0 Å². The predicted octanol–water partition coefficient (Wildman–Crippen LogP) is 5.79. The topological polar surface area (TPSA) is 63.0 Å². The van der Waals surface area contributed by atoms with Gasteiger partial charge in [-0.1, -0.05) is 50.5 Å². The highest BCUT2D eigenvalue weighted by Crippen LogP contribution is 2.32. The van der Waals surface area contributed by atoms with E-state index in [1.807, 2.05) is 30.5 Å². The summed E-state index contributed by atoms with van der Waals surface area (Å²) in [4.78, 5) is 20.7. The second-order valence-electron chi connectivity index (χ2n) is 7.63. The van der Waals surface area contributed by atoms with Gasteiger partial charge in [0.15, 0.2) is 6.29 Å².